The minimum absolute atomic E-state index is 0.0494. The van der Waals surface area contributed by atoms with Crippen LogP contribution < -0.4 is 0 Å². The molecule has 1 rings (SSSR count). The van der Waals surface area contributed by atoms with Crippen molar-refractivity contribution in [2.45, 2.75) is 31.4 Å². The predicted octanol–water partition coefficient (Wildman–Crippen LogP) is 0.674. The third-order valence-electron chi connectivity index (χ3n) is 2.94. The van der Waals surface area contributed by atoms with Crippen LogP contribution >= 0.6 is 0 Å². The lowest BCUT2D eigenvalue weighted by atomic mass is 9.90. The van der Waals surface area contributed by atoms with Crippen LogP contribution in [-0.2, 0) is 14.6 Å². The van der Waals surface area contributed by atoms with Gasteiger partial charge in [0.25, 0.3) is 0 Å². The first-order chi connectivity index (χ1) is 5.77. The monoisotopic (exact) mass is 206 g/mol. The largest absolute Gasteiger partial charge is 0.481 e. The van der Waals surface area contributed by atoms with Crippen LogP contribution in [0.25, 0.3) is 0 Å². The average molecular weight is 206 g/mol. The molecule has 1 saturated heterocycles. The first kappa shape index (κ1) is 10.5. The third kappa shape index (κ3) is 1.70. The zero-order valence-electron chi connectivity index (χ0n) is 7.78. The van der Waals surface area contributed by atoms with Crippen LogP contribution in [0.3, 0.4) is 0 Å². The second kappa shape index (κ2) is 2.97. The number of carboxylic acids is 1. The van der Waals surface area contributed by atoms with Crippen molar-refractivity contribution in [2.75, 3.05) is 5.75 Å². The van der Waals surface area contributed by atoms with E-state index in [0.29, 0.717) is 6.42 Å². The van der Waals surface area contributed by atoms with E-state index in [1.807, 2.05) is 0 Å². The maximum absolute atomic E-state index is 11.5. The molecule has 0 aliphatic carbocycles. The standard InChI is InChI=1S/C8H14O4S/c1-8(2)6(5-7(9)10)3-4-13(8,11)12/h6H,3-5H2,1-2H3,(H,9,10). The van der Waals surface area contributed by atoms with Gasteiger partial charge in [0.1, 0.15) is 0 Å². The Kier molecular flexibility index (Phi) is 2.40. The SMILES string of the molecule is CC1(C)C(CC(=O)O)CCS1(=O)=O. The Morgan fingerprint density at radius 2 is 2.08 bits per heavy atom. The molecule has 1 unspecified atom stereocenters. The Bertz CT molecular complexity index is 315. The Labute approximate surface area is 77.9 Å². The number of aliphatic carboxylic acids is 1. The minimum Gasteiger partial charge on any atom is -0.481 e. The van der Waals surface area contributed by atoms with Crippen molar-refractivity contribution >= 4 is 15.8 Å². The molecule has 1 aliphatic heterocycles. The zero-order chi connectivity index (χ0) is 10.3. The maximum atomic E-state index is 11.5. The van der Waals surface area contributed by atoms with Gasteiger partial charge in [0.05, 0.1) is 10.5 Å². The summed E-state index contributed by atoms with van der Waals surface area (Å²) in [6.07, 6.45) is 0.424. The van der Waals surface area contributed by atoms with E-state index in [1.54, 1.807) is 13.8 Å². The fourth-order valence-electron chi connectivity index (χ4n) is 1.72. The van der Waals surface area contributed by atoms with Crippen LogP contribution in [0, 0.1) is 5.92 Å². The van der Waals surface area contributed by atoms with E-state index in [0.717, 1.165) is 0 Å². The van der Waals surface area contributed by atoms with Crippen LogP contribution in [0.15, 0.2) is 0 Å². The molecular formula is C8H14O4S. The Balaban J connectivity index is 2.89. The van der Waals surface area contributed by atoms with Crippen molar-refractivity contribution in [3.8, 4) is 0 Å². The second-order valence-electron chi connectivity index (χ2n) is 4.01. The van der Waals surface area contributed by atoms with E-state index < -0.39 is 20.6 Å². The molecule has 1 fully saturated rings. The van der Waals surface area contributed by atoms with Gasteiger partial charge in [0, 0.05) is 6.42 Å². The number of hydrogen-bond acceptors (Lipinski definition) is 3. The topological polar surface area (TPSA) is 71.4 Å². The molecule has 0 aromatic heterocycles. The quantitative estimate of drug-likeness (QED) is 0.721. The van der Waals surface area contributed by atoms with Gasteiger partial charge in [-0.2, -0.15) is 0 Å². The highest BCUT2D eigenvalue weighted by Crippen LogP contribution is 2.38. The summed E-state index contributed by atoms with van der Waals surface area (Å²) in [7, 11) is -3.08. The number of carbonyl (C=O) groups is 1. The van der Waals surface area contributed by atoms with Crippen LogP contribution in [0.1, 0.15) is 26.7 Å². The molecule has 5 heteroatoms. The van der Waals surface area contributed by atoms with Gasteiger partial charge >= 0.3 is 5.97 Å². The third-order valence-corrected chi connectivity index (χ3v) is 5.65. The van der Waals surface area contributed by atoms with Crippen molar-refractivity contribution in [1.29, 1.82) is 0 Å². The number of hydrogen-bond donors (Lipinski definition) is 1. The summed E-state index contributed by atoms with van der Waals surface area (Å²) in [6, 6.07) is 0. The van der Waals surface area contributed by atoms with E-state index in [1.165, 1.54) is 0 Å². The molecule has 0 aromatic carbocycles. The first-order valence-electron chi connectivity index (χ1n) is 4.21. The van der Waals surface area contributed by atoms with Gasteiger partial charge < -0.3 is 5.11 Å². The van der Waals surface area contributed by atoms with Gasteiger partial charge in [-0.15, -0.1) is 0 Å². The fourth-order valence-corrected chi connectivity index (χ4v) is 3.55. The number of sulfone groups is 1. The molecular weight excluding hydrogens is 192 g/mol. The van der Waals surface area contributed by atoms with E-state index in [2.05, 4.69) is 0 Å². The molecule has 0 radical (unpaired) electrons. The van der Waals surface area contributed by atoms with Gasteiger partial charge in [0.15, 0.2) is 9.84 Å². The summed E-state index contributed by atoms with van der Waals surface area (Å²) in [5, 5.41) is 8.58. The molecule has 1 atom stereocenters. The first-order valence-corrected chi connectivity index (χ1v) is 5.86. The van der Waals surface area contributed by atoms with Crippen LogP contribution in [0.4, 0.5) is 0 Å². The Morgan fingerprint density at radius 3 is 2.38 bits per heavy atom. The highest BCUT2D eigenvalue weighted by atomic mass is 32.2. The molecule has 4 nitrogen and oxygen atoms in total. The summed E-state index contributed by atoms with van der Waals surface area (Å²) in [5.41, 5.74) is 0. The van der Waals surface area contributed by atoms with E-state index >= 15 is 0 Å². The molecule has 0 bridgehead atoms. The summed E-state index contributed by atoms with van der Waals surface area (Å²) >= 11 is 0. The normalized spacial score (nSPS) is 30.2. The van der Waals surface area contributed by atoms with Crippen molar-refractivity contribution in [3.63, 3.8) is 0 Å². The van der Waals surface area contributed by atoms with Crippen LogP contribution in [0.2, 0.25) is 0 Å². The van der Waals surface area contributed by atoms with E-state index in [-0.39, 0.29) is 18.1 Å². The van der Waals surface area contributed by atoms with Gasteiger partial charge in [-0.1, -0.05) is 0 Å². The van der Waals surface area contributed by atoms with Crippen molar-refractivity contribution in [3.05, 3.63) is 0 Å². The fraction of sp³-hybridized carbons (Fsp3) is 0.875. The molecule has 0 saturated carbocycles. The van der Waals surface area contributed by atoms with E-state index in [4.69, 9.17) is 5.11 Å². The zero-order valence-corrected chi connectivity index (χ0v) is 8.60. The van der Waals surface area contributed by atoms with Gasteiger partial charge in [-0.25, -0.2) is 8.42 Å². The lowest BCUT2D eigenvalue weighted by Crippen LogP contribution is -2.34. The van der Waals surface area contributed by atoms with Crippen LogP contribution in [0.5, 0.6) is 0 Å². The number of carboxylic acid groups (broad SMARTS) is 1. The van der Waals surface area contributed by atoms with Gasteiger partial charge in [-0.05, 0) is 26.2 Å². The predicted molar refractivity (Wildman–Crippen MR) is 48.2 cm³/mol. The molecule has 0 spiro atoms. The highest BCUT2D eigenvalue weighted by Gasteiger charge is 2.47. The van der Waals surface area contributed by atoms with Gasteiger partial charge in [-0.3, -0.25) is 4.79 Å². The lowest BCUT2D eigenvalue weighted by Gasteiger charge is -2.23. The average Bonchev–Trinajstić information content (AvgIpc) is 2.11. The Morgan fingerprint density at radius 1 is 1.54 bits per heavy atom. The Hall–Kier alpha value is -0.580. The van der Waals surface area contributed by atoms with Crippen LogP contribution in [-0.4, -0.2) is 30.0 Å². The molecule has 1 aliphatic rings. The highest BCUT2D eigenvalue weighted by molar-refractivity contribution is 7.93. The molecule has 0 amide bonds. The summed E-state index contributed by atoms with van der Waals surface area (Å²) in [5.74, 6) is -1.04. The van der Waals surface area contributed by atoms with Crippen molar-refractivity contribution in [2.24, 2.45) is 5.92 Å². The molecule has 76 valence electrons. The molecule has 13 heavy (non-hydrogen) atoms. The lowest BCUT2D eigenvalue weighted by molar-refractivity contribution is -0.138. The van der Waals surface area contributed by atoms with Crippen molar-refractivity contribution < 1.29 is 18.3 Å². The summed E-state index contributed by atoms with van der Waals surface area (Å²) in [4.78, 5) is 10.5. The number of rotatable bonds is 2. The maximum Gasteiger partial charge on any atom is 0.303 e. The smallest absolute Gasteiger partial charge is 0.303 e. The molecule has 1 heterocycles. The van der Waals surface area contributed by atoms with Crippen molar-refractivity contribution in [1.82, 2.24) is 0 Å². The minimum atomic E-state index is -3.08. The summed E-state index contributed by atoms with van der Waals surface area (Å²) < 4.78 is 22.1. The van der Waals surface area contributed by atoms with Gasteiger partial charge in [0.2, 0.25) is 0 Å². The second-order valence-corrected chi connectivity index (χ2v) is 6.70. The summed E-state index contributed by atoms with van der Waals surface area (Å²) in [6.45, 7) is 3.23. The molecule has 1 N–H and O–H groups in total. The molecule has 0 aromatic rings. The van der Waals surface area contributed by atoms with E-state index in [9.17, 15) is 13.2 Å².